The zero-order valence-electron chi connectivity index (χ0n) is 16.1. The lowest BCUT2D eigenvalue weighted by Gasteiger charge is -2.13. The van der Waals surface area contributed by atoms with Gasteiger partial charge in [-0.2, -0.15) is 0 Å². The van der Waals surface area contributed by atoms with E-state index in [0.717, 1.165) is 31.2 Å². The highest BCUT2D eigenvalue weighted by Gasteiger charge is 2.25. The van der Waals surface area contributed by atoms with Crippen molar-refractivity contribution in [1.29, 1.82) is 0 Å². The molecule has 1 amide bonds. The fraction of sp³-hybridized carbons (Fsp3) is 0.429. The van der Waals surface area contributed by atoms with Gasteiger partial charge in [0.2, 0.25) is 5.88 Å². The van der Waals surface area contributed by atoms with Crippen LogP contribution in [0.15, 0.2) is 36.5 Å². The van der Waals surface area contributed by atoms with Crippen LogP contribution in [0.2, 0.25) is 0 Å². The molecule has 1 aromatic carbocycles. The maximum atomic E-state index is 12.5. The largest absolute Gasteiger partial charge is 0.474 e. The Bertz CT molecular complexity index is 907. The third-order valence-electron chi connectivity index (χ3n) is 5.24. The molecule has 0 spiro atoms. The average Bonchev–Trinajstić information content (AvgIpc) is 3.39. The molecule has 0 unspecified atom stereocenters. The predicted octanol–water partition coefficient (Wildman–Crippen LogP) is 3.82. The Hall–Kier alpha value is -3.16. The molecule has 0 aliphatic heterocycles. The molecular weight excluding hydrogens is 372 g/mol. The third-order valence-corrected chi connectivity index (χ3v) is 5.24. The van der Waals surface area contributed by atoms with Gasteiger partial charge >= 0.3 is 0 Å². The van der Waals surface area contributed by atoms with Gasteiger partial charge in [-0.3, -0.25) is 14.9 Å². The van der Waals surface area contributed by atoms with E-state index in [1.54, 1.807) is 18.3 Å². The van der Waals surface area contributed by atoms with Gasteiger partial charge in [0.1, 0.15) is 11.8 Å². The molecule has 1 aromatic heterocycles. The van der Waals surface area contributed by atoms with E-state index in [0.29, 0.717) is 17.6 Å². The lowest BCUT2D eigenvalue weighted by molar-refractivity contribution is -0.384. The number of benzene rings is 1. The molecule has 2 N–H and O–H groups in total. The number of anilines is 1. The monoisotopic (exact) mass is 396 g/mol. The van der Waals surface area contributed by atoms with Crippen LogP contribution >= 0.6 is 0 Å². The van der Waals surface area contributed by atoms with E-state index in [2.05, 4.69) is 15.6 Å². The summed E-state index contributed by atoms with van der Waals surface area (Å²) in [5, 5.41) is 17.3. The zero-order valence-corrected chi connectivity index (χ0v) is 16.1. The summed E-state index contributed by atoms with van der Waals surface area (Å²) in [6.45, 7) is 0.290. The topological polar surface area (TPSA) is 106 Å². The van der Waals surface area contributed by atoms with Gasteiger partial charge in [-0.25, -0.2) is 4.98 Å². The summed E-state index contributed by atoms with van der Waals surface area (Å²) in [5.74, 6) is 0.205. The van der Waals surface area contributed by atoms with Crippen molar-refractivity contribution in [2.45, 2.75) is 57.2 Å². The van der Waals surface area contributed by atoms with Gasteiger partial charge in [0.25, 0.3) is 11.6 Å². The molecule has 0 saturated heterocycles. The molecule has 2 aromatic rings. The molecule has 0 bridgehead atoms. The highest BCUT2D eigenvalue weighted by atomic mass is 16.6. The van der Waals surface area contributed by atoms with E-state index in [1.807, 2.05) is 12.1 Å². The van der Waals surface area contributed by atoms with Crippen LogP contribution in [0.4, 0.5) is 11.4 Å². The van der Waals surface area contributed by atoms with Crippen molar-refractivity contribution in [3.05, 3.63) is 57.8 Å². The summed E-state index contributed by atoms with van der Waals surface area (Å²) >= 11 is 0. The number of pyridine rings is 1. The zero-order chi connectivity index (χ0) is 20.2. The van der Waals surface area contributed by atoms with E-state index in [-0.39, 0.29) is 29.8 Å². The number of amides is 1. The standard InChI is InChI=1S/C21H24N4O4/c26-21(15-5-8-18(24-16-6-7-16)19(12-15)25(27)28)23-13-14-9-10-22-20(11-14)29-17-3-1-2-4-17/h5,8-12,16-17,24H,1-4,6-7,13H2,(H,23,26). The number of ether oxygens (including phenoxy) is 1. The lowest BCUT2D eigenvalue weighted by Crippen LogP contribution is -2.23. The van der Waals surface area contributed by atoms with Crippen molar-refractivity contribution in [2.24, 2.45) is 0 Å². The molecule has 29 heavy (non-hydrogen) atoms. The van der Waals surface area contributed by atoms with Crippen LogP contribution in [0.5, 0.6) is 5.88 Å². The van der Waals surface area contributed by atoms with Crippen molar-refractivity contribution in [2.75, 3.05) is 5.32 Å². The summed E-state index contributed by atoms with van der Waals surface area (Å²) in [6, 6.07) is 8.46. The minimum atomic E-state index is -0.461. The Morgan fingerprint density at radius 2 is 1.97 bits per heavy atom. The predicted molar refractivity (Wildman–Crippen MR) is 108 cm³/mol. The number of aromatic nitrogens is 1. The summed E-state index contributed by atoms with van der Waals surface area (Å²) < 4.78 is 5.89. The van der Waals surface area contributed by atoms with Gasteiger partial charge in [0.15, 0.2) is 0 Å². The molecule has 2 saturated carbocycles. The number of carbonyl (C=O) groups excluding carboxylic acids is 1. The molecule has 1 heterocycles. The number of nitrogens with one attached hydrogen (secondary N) is 2. The minimum Gasteiger partial charge on any atom is -0.474 e. The summed E-state index contributed by atoms with van der Waals surface area (Å²) in [6.07, 6.45) is 8.36. The van der Waals surface area contributed by atoms with Crippen LogP contribution in [0.1, 0.15) is 54.4 Å². The molecule has 0 radical (unpaired) electrons. The summed E-state index contributed by atoms with van der Waals surface area (Å²) in [7, 11) is 0. The highest BCUT2D eigenvalue weighted by Crippen LogP contribution is 2.31. The van der Waals surface area contributed by atoms with Crippen LogP contribution in [-0.4, -0.2) is 28.0 Å². The molecule has 152 valence electrons. The van der Waals surface area contributed by atoms with Crippen molar-refractivity contribution < 1.29 is 14.5 Å². The van der Waals surface area contributed by atoms with E-state index in [9.17, 15) is 14.9 Å². The van der Waals surface area contributed by atoms with Crippen LogP contribution in [0.25, 0.3) is 0 Å². The van der Waals surface area contributed by atoms with Gasteiger partial charge < -0.3 is 15.4 Å². The first-order valence-corrected chi connectivity index (χ1v) is 10.0. The van der Waals surface area contributed by atoms with Gasteiger partial charge in [-0.15, -0.1) is 0 Å². The molecule has 0 atom stereocenters. The Morgan fingerprint density at radius 3 is 2.69 bits per heavy atom. The second-order valence-corrected chi connectivity index (χ2v) is 7.62. The molecule has 8 nitrogen and oxygen atoms in total. The maximum absolute atomic E-state index is 12.5. The van der Waals surface area contributed by atoms with Crippen LogP contribution in [0, 0.1) is 10.1 Å². The third kappa shape index (κ3) is 5.01. The van der Waals surface area contributed by atoms with Crippen molar-refractivity contribution in [3.63, 3.8) is 0 Å². The first-order chi connectivity index (χ1) is 14.1. The Morgan fingerprint density at radius 1 is 1.17 bits per heavy atom. The Kier molecular flexibility index (Phi) is 5.59. The van der Waals surface area contributed by atoms with E-state index < -0.39 is 4.92 Å². The number of hydrogen-bond acceptors (Lipinski definition) is 6. The number of rotatable bonds is 8. The lowest BCUT2D eigenvalue weighted by atomic mass is 10.1. The Balaban J connectivity index is 1.39. The number of hydrogen-bond donors (Lipinski definition) is 2. The number of nitrogens with zero attached hydrogens (tertiary/aromatic N) is 2. The molecule has 2 aliphatic carbocycles. The maximum Gasteiger partial charge on any atom is 0.293 e. The first-order valence-electron chi connectivity index (χ1n) is 10.0. The first kappa shape index (κ1) is 19.2. The van der Waals surface area contributed by atoms with Crippen LogP contribution in [-0.2, 0) is 6.54 Å². The normalized spacial score (nSPS) is 16.4. The van der Waals surface area contributed by atoms with Gasteiger partial charge in [-0.05, 0) is 62.3 Å². The van der Waals surface area contributed by atoms with Gasteiger partial charge in [0, 0.05) is 36.5 Å². The van der Waals surface area contributed by atoms with Gasteiger partial charge in [-0.1, -0.05) is 0 Å². The number of carbonyl (C=O) groups is 1. The summed E-state index contributed by atoms with van der Waals surface area (Å²) in [4.78, 5) is 27.7. The molecular formula is C21H24N4O4. The second kappa shape index (κ2) is 8.46. The highest BCUT2D eigenvalue weighted by molar-refractivity contribution is 5.95. The van der Waals surface area contributed by atoms with E-state index in [1.165, 1.54) is 18.9 Å². The average molecular weight is 396 g/mol. The molecule has 4 rings (SSSR count). The molecule has 2 aliphatic rings. The van der Waals surface area contributed by atoms with Crippen molar-refractivity contribution in [1.82, 2.24) is 10.3 Å². The smallest absolute Gasteiger partial charge is 0.293 e. The van der Waals surface area contributed by atoms with Crippen LogP contribution in [0.3, 0.4) is 0 Å². The van der Waals surface area contributed by atoms with Crippen LogP contribution < -0.4 is 15.4 Å². The van der Waals surface area contributed by atoms with E-state index in [4.69, 9.17) is 4.74 Å². The second-order valence-electron chi connectivity index (χ2n) is 7.62. The van der Waals surface area contributed by atoms with Gasteiger partial charge in [0.05, 0.1) is 4.92 Å². The number of nitro benzene ring substituents is 1. The molecule has 8 heteroatoms. The quantitative estimate of drug-likeness (QED) is 0.519. The van der Waals surface area contributed by atoms with E-state index >= 15 is 0 Å². The SMILES string of the molecule is O=C(NCc1ccnc(OC2CCCC2)c1)c1ccc(NC2CC2)c([N+](=O)[O-])c1. The number of nitro groups is 1. The summed E-state index contributed by atoms with van der Waals surface area (Å²) in [5.41, 5.74) is 1.50. The fourth-order valence-electron chi connectivity index (χ4n) is 3.48. The Labute approximate surface area is 168 Å². The van der Waals surface area contributed by atoms with Crippen molar-refractivity contribution >= 4 is 17.3 Å². The fourth-order valence-corrected chi connectivity index (χ4v) is 3.48. The minimum absolute atomic E-state index is 0.0827. The molecule has 2 fully saturated rings. The van der Waals surface area contributed by atoms with Crippen molar-refractivity contribution in [3.8, 4) is 5.88 Å².